The Morgan fingerprint density at radius 2 is 1.63 bits per heavy atom. The molecule has 0 radical (unpaired) electrons. The minimum atomic E-state index is -4.11. The molecule has 0 aromatic heterocycles. The van der Waals surface area contributed by atoms with Crippen LogP contribution < -0.4 is 5.32 Å². The van der Waals surface area contributed by atoms with Crippen LogP contribution in [0.3, 0.4) is 0 Å². The van der Waals surface area contributed by atoms with Crippen molar-refractivity contribution >= 4 is 0 Å². The molecule has 0 aromatic carbocycles. The van der Waals surface area contributed by atoms with E-state index in [-0.39, 0.29) is 5.41 Å². The summed E-state index contributed by atoms with van der Waals surface area (Å²) in [6.45, 7) is 9.94. The maximum Gasteiger partial charge on any atom is 0.401 e. The molecule has 0 bridgehead atoms. The molecule has 0 aromatic rings. The predicted molar refractivity (Wildman–Crippen MR) is 74.3 cm³/mol. The lowest BCUT2D eigenvalue weighted by atomic mass is 9.84. The molecular formula is C14H29F3N2. The summed E-state index contributed by atoms with van der Waals surface area (Å²) in [6.07, 6.45) is -1.42. The van der Waals surface area contributed by atoms with Gasteiger partial charge in [0.25, 0.3) is 0 Å². The summed E-state index contributed by atoms with van der Waals surface area (Å²) in [4.78, 5) is 1.55. The predicted octanol–water partition coefficient (Wildman–Crippen LogP) is 3.68. The van der Waals surface area contributed by atoms with Crippen molar-refractivity contribution in [2.75, 3.05) is 32.7 Å². The minimum Gasteiger partial charge on any atom is -0.316 e. The Morgan fingerprint density at radius 1 is 1.00 bits per heavy atom. The molecule has 2 nitrogen and oxygen atoms in total. The van der Waals surface area contributed by atoms with Gasteiger partial charge in [0.1, 0.15) is 0 Å². The zero-order valence-electron chi connectivity index (χ0n) is 12.7. The van der Waals surface area contributed by atoms with Crippen molar-refractivity contribution in [3.05, 3.63) is 0 Å². The molecule has 0 saturated carbocycles. The number of alkyl halides is 3. The van der Waals surface area contributed by atoms with Crippen LogP contribution in [-0.2, 0) is 0 Å². The lowest BCUT2D eigenvalue weighted by Crippen LogP contribution is -2.45. The second kappa shape index (κ2) is 8.80. The summed E-state index contributed by atoms with van der Waals surface area (Å²) in [7, 11) is 0. The zero-order chi connectivity index (χ0) is 14.9. The quantitative estimate of drug-likeness (QED) is 0.657. The first-order valence-electron chi connectivity index (χ1n) is 7.26. The highest BCUT2D eigenvalue weighted by Gasteiger charge is 2.34. The molecule has 0 aliphatic rings. The van der Waals surface area contributed by atoms with E-state index in [4.69, 9.17) is 0 Å². The molecule has 1 N–H and O–H groups in total. The smallest absolute Gasteiger partial charge is 0.316 e. The fourth-order valence-corrected chi connectivity index (χ4v) is 2.58. The third kappa shape index (κ3) is 9.27. The molecule has 0 fully saturated rings. The molecule has 1 unspecified atom stereocenters. The van der Waals surface area contributed by atoms with Gasteiger partial charge in [-0.3, -0.25) is 4.90 Å². The summed E-state index contributed by atoms with van der Waals surface area (Å²) in [6, 6.07) is 0. The maximum atomic E-state index is 12.6. The van der Waals surface area contributed by atoms with Gasteiger partial charge in [-0.15, -0.1) is 0 Å². The summed E-state index contributed by atoms with van der Waals surface area (Å²) in [5.74, 6) is 0. The van der Waals surface area contributed by atoms with Gasteiger partial charge < -0.3 is 5.32 Å². The Bertz CT molecular complexity index is 231. The second-order valence-corrected chi connectivity index (χ2v) is 5.67. The Morgan fingerprint density at radius 3 is 2.05 bits per heavy atom. The van der Waals surface area contributed by atoms with Gasteiger partial charge >= 0.3 is 6.18 Å². The number of nitrogens with one attached hydrogen (secondary N) is 1. The second-order valence-electron chi connectivity index (χ2n) is 5.67. The average molecular weight is 282 g/mol. The van der Waals surface area contributed by atoms with Crippen molar-refractivity contribution in [2.45, 2.75) is 53.1 Å². The van der Waals surface area contributed by atoms with Crippen LogP contribution in [0.1, 0.15) is 47.0 Å². The fourth-order valence-electron chi connectivity index (χ4n) is 2.58. The first-order valence-corrected chi connectivity index (χ1v) is 7.26. The van der Waals surface area contributed by atoms with E-state index in [0.29, 0.717) is 13.1 Å². The number of halogens is 3. The van der Waals surface area contributed by atoms with Gasteiger partial charge in [-0.25, -0.2) is 0 Å². The highest BCUT2D eigenvalue weighted by atomic mass is 19.4. The third-order valence-electron chi connectivity index (χ3n) is 3.20. The maximum absolute atomic E-state index is 12.6. The number of nitrogens with zero attached hydrogens (tertiary/aromatic N) is 1. The van der Waals surface area contributed by atoms with Crippen LogP contribution in [-0.4, -0.2) is 43.8 Å². The fraction of sp³-hybridized carbons (Fsp3) is 1.00. The van der Waals surface area contributed by atoms with Crippen molar-refractivity contribution in [3.8, 4) is 0 Å². The van der Waals surface area contributed by atoms with E-state index in [1.54, 1.807) is 4.90 Å². The van der Waals surface area contributed by atoms with Gasteiger partial charge in [-0.05, 0) is 31.3 Å². The van der Waals surface area contributed by atoms with E-state index in [1.165, 1.54) is 0 Å². The first-order chi connectivity index (χ1) is 8.76. The standard InChI is InChI=1S/C14H29F3N2/c1-5-8-13(4,10-18-7-3)11-19(9-6-2)12-14(15,16)17/h18H,5-12H2,1-4H3. The number of rotatable bonds is 10. The molecule has 19 heavy (non-hydrogen) atoms. The van der Waals surface area contributed by atoms with E-state index in [0.717, 1.165) is 32.4 Å². The monoisotopic (exact) mass is 282 g/mol. The summed E-state index contributed by atoms with van der Waals surface area (Å²) in [5, 5.41) is 3.28. The van der Waals surface area contributed by atoms with Gasteiger partial charge in [0.05, 0.1) is 6.54 Å². The van der Waals surface area contributed by atoms with Gasteiger partial charge in [0.2, 0.25) is 0 Å². The van der Waals surface area contributed by atoms with E-state index in [1.807, 2.05) is 13.8 Å². The van der Waals surface area contributed by atoms with Crippen LogP contribution in [0.15, 0.2) is 0 Å². The van der Waals surface area contributed by atoms with Gasteiger partial charge in [-0.2, -0.15) is 13.2 Å². The molecule has 0 rings (SSSR count). The average Bonchev–Trinajstić information content (AvgIpc) is 2.24. The number of hydrogen-bond donors (Lipinski definition) is 1. The molecular weight excluding hydrogens is 253 g/mol. The normalized spacial score (nSPS) is 15.8. The minimum absolute atomic E-state index is 0.0921. The Labute approximate surface area is 115 Å². The first kappa shape index (κ1) is 18.7. The molecule has 0 amide bonds. The molecule has 0 saturated heterocycles. The molecule has 0 aliphatic heterocycles. The molecule has 116 valence electrons. The summed E-state index contributed by atoms with van der Waals surface area (Å²) in [5.41, 5.74) is -0.0921. The lowest BCUT2D eigenvalue weighted by Gasteiger charge is -2.36. The van der Waals surface area contributed by atoms with Crippen LogP contribution in [0.25, 0.3) is 0 Å². The van der Waals surface area contributed by atoms with Crippen LogP contribution >= 0.6 is 0 Å². The van der Waals surface area contributed by atoms with Crippen molar-refractivity contribution in [3.63, 3.8) is 0 Å². The molecule has 0 aliphatic carbocycles. The van der Waals surface area contributed by atoms with Crippen molar-refractivity contribution in [2.24, 2.45) is 5.41 Å². The van der Waals surface area contributed by atoms with E-state index in [9.17, 15) is 13.2 Å². The largest absolute Gasteiger partial charge is 0.401 e. The highest BCUT2D eigenvalue weighted by molar-refractivity contribution is 4.81. The topological polar surface area (TPSA) is 15.3 Å². The van der Waals surface area contributed by atoms with Crippen LogP contribution in [0.2, 0.25) is 0 Å². The van der Waals surface area contributed by atoms with Gasteiger partial charge in [-0.1, -0.05) is 34.1 Å². The molecule has 5 heteroatoms. The summed E-state index contributed by atoms with van der Waals surface area (Å²) < 4.78 is 37.8. The Kier molecular flexibility index (Phi) is 8.66. The van der Waals surface area contributed by atoms with Crippen LogP contribution in [0.4, 0.5) is 13.2 Å². The highest BCUT2D eigenvalue weighted by Crippen LogP contribution is 2.26. The Hall–Kier alpha value is -0.290. The SMILES string of the molecule is CCCN(CC(F)(F)F)CC(C)(CCC)CNCC. The van der Waals surface area contributed by atoms with Gasteiger partial charge in [0, 0.05) is 13.1 Å². The van der Waals surface area contributed by atoms with E-state index in [2.05, 4.69) is 19.2 Å². The lowest BCUT2D eigenvalue weighted by molar-refractivity contribution is -0.149. The number of hydrogen-bond acceptors (Lipinski definition) is 2. The molecule has 1 atom stereocenters. The zero-order valence-corrected chi connectivity index (χ0v) is 12.7. The Balaban J connectivity index is 4.62. The molecule has 0 spiro atoms. The third-order valence-corrected chi connectivity index (χ3v) is 3.20. The van der Waals surface area contributed by atoms with E-state index < -0.39 is 12.7 Å². The van der Waals surface area contributed by atoms with Crippen molar-refractivity contribution < 1.29 is 13.2 Å². The van der Waals surface area contributed by atoms with Crippen LogP contribution in [0, 0.1) is 5.41 Å². The van der Waals surface area contributed by atoms with Gasteiger partial charge in [0.15, 0.2) is 0 Å². The summed E-state index contributed by atoms with van der Waals surface area (Å²) >= 11 is 0. The van der Waals surface area contributed by atoms with Crippen LogP contribution in [0.5, 0.6) is 0 Å². The van der Waals surface area contributed by atoms with E-state index >= 15 is 0 Å². The van der Waals surface area contributed by atoms with Crippen molar-refractivity contribution in [1.29, 1.82) is 0 Å². The molecule has 0 heterocycles. The van der Waals surface area contributed by atoms with Crippen molar-refractivity contribution in [1.82, 2.24) is 10.2 Å².